The number of aliphatic hydroxyl groups is 3. The van der Waals surface area contributed by atoms with E-state index < -0.39 is 24.2 Å². The molecule has 1 heterocycles. The minimum atomic E-state index is -1.50. The van der Waals surface area contributed by atoms with E-state index in [1.807, 2.05) is 0 Å². The van der Waals surface area contributed by atoms with E-state index in [2.05, 4.69) is 5.32 Å². The van der Waals surface area contributed by atoms with Gasteiger partial charge in [-0.3, -0.25) is 4.79 Å². The third kappa shape index (κ3) is 1.11. The number of nitrogens with one attached hydrogen (secondary N) is 1. The van der Waals surface area contributed by atoms with Gasteiger partial charge in [-0.15, -0.1) is 0 Å². The number of hydrogen-bond donors (Lipinski definition) is 4. The second-order valence-electron chi connectivity index (χ2n) is 2.25. The molecule has 0 saturated carbocycles. The maximum Gasteiger partial charge on any atom is 0.251 e. The molecule has 58 valence electrons. The van der Waals surface area contributed by atoms with Crippen molar-refractivity contribution in [1.82, 2.24) is 5.32 Å². The Bertz CT molecular complexity index is 149. The number of carbonyl (C=O) groups is 1. The van der Waals surface area contributed by atoms with Crippen molar-refractivity contribution < 1.29 is 20.1 Å². The Balaban J connectivity index is 2.60. The summed E-state index contributed by atoms with van der Waals surface area (Å²) in [5.41, 5.74) is 0. The maximum absolute atomic E-state index is 10.5. The van der Waals surface area contributed by atoms with Gasteiger partial charge in [-0.1, -0.05) is 0 Å². The molecule has 1 saturated heterocycles. The number of amides is 1. The van der Waals surface area contributed by atoms with Crippen molar-refractivity contribution in [3.8, 4) is 0 Å². The van der Waals surface area contributed by atoms with Gasteiger partial charge >= 0.3 is 0 Å². The molecule has 0 radical (unpaired) electrons. The molecule has 1 fully saturated rings. The van der Waals surface area contributed by atoms with E-state index in [4.69, 9.17) is 15.3 Å². The third-order valence-electron chi connectivity index (χ3n) is 1.47. The topological polar surface area (TPSA) is 89.8 Å². The lowest BCUT2D eigenvalue weighted by Crippen LogP contribution is -2.57. The number of piperidine rings is 1. The molecule has 5 nitrogen and oxygen atoms in total. The highest BCUT2D eigenvalue weighted by atomic mass is 16.4. The Labute approximate surface area is 57.3 Å². The van der Waals surface area contributed by atoms with Crippen LogP contribution >= 0.6 is 0 Å². The second kappa shape index (κ2) is 2.53. The molecule has 4 N–H and O–H groups in total. The first-order valence-corrected chi connectivity index (χ1v) is 2.95. The molecule has 0 bridgehead atoms. The zero-order valence-corrected chi connectivity index (χ0v) is 5.19. The summed E-state index contributed by atoms with van der Waals surface area (Å²) < 4.78 is 0. The molecule has 10 heavy (non-hydrogen) atoms. The van der Waals surface area contributed by atoms with Crippen LogP contribution in [0.1, 0.15) is 0 Å². The van der Waals surface area contributed by atoms with Gasteiger partial charge in [0.25, 0.3) is 5.91 Å². The van der Waals surface area contributed by atoms with Gasteiger partial charge in [0.2, 0.25) is 0 Å². The number of β-amino-alcohol motifs (C(OH)–C–C–N with tert-alkyl or cyclic N) is 1. The summed E-state index contributed by atoms with van der Waals surface area (Å²) in [7, 11) is 0. The maximum atomic E-state index is 10.5. The van der Waals surface area contributed by atoms with Crippen LogP contribution in [0.25, 0.3) is 0 Å². The zero-order valence-electron chi connectivity index (χ0n) is 5.19. The summed E-state index contributed by atoms with van der Waals surface area (Å²) in [6.45, 7) is -0.00292. The first-order valence-electron chi connectivity index (χ1n) is 2.95. The van der Waals surface area contributed by atoms with Crippen LogP contribution < -0.4 is 5.32 Å². The van der Waals surface area contributed by atoms with Gasteiger partial charge in [-0.05, 0) is 0 Å². The van der Waals surface area contributed by atoms with Crippen molar-refractivity contribution in [3.05, 3.63) is 0 Å². The Kier molecular flexibility index (Phi) is 1.89. The zero-order chi connectivity index (χ0) is 7.72. The molecule has 0 spiro atoms. The first kappa shape index (κ1) is 7.46. The lowest BCUT2D eigenvalue weighted by molar-refractivity contribution is -0.148. The van der Waals surface area contributed by atoms with Gasteiger partial charge in [0, 0.05) is 6.54 Å². The molecule has 3 atom stereocenters. The number of hydrogen-bond acceptors (Lipinski definition) is 4. The van der Waals surface area contributed by atoms with Gasteiger partial charge in [0.1, 0.15) is 12.2 Å². The van der Waals surface area contributed by atoms with Crippen molar-refractivity contribution in [2.75, 3.05) is 6.54 Å². The second-order valence-corrected chi connectivity index (χ2v) is 2.25. The van der Waals surface area contributed by atoms with Crippen LogP contribution in [0.2, 0.25) is 0 Å². The molecular weight excluding hydrogens is 138 g/mol. The molecule has 0 aromatic carbocycles. The van der Waals surface area contributed by atoms with Gasteiger partial charge in [-0.25, -0.2) is 0 Å². The van der Waals surface area contributed by atoms with Crippen LogP contribution in [-0.4, -0.2) is 46.1 Å². The molecular formula is C5H9NO4. The Morgan fingerprint density at radius 2 is 2.00 bits per heavy atom. The highest BCUT2D eigenvalue weighted by Gasteiger charge is 2.34. The summed E-state index contributed by atoms with van der Waals surface area (Å²) in [6, 6.07) is 0. The molecule has 5 heteroatoms. The van der Waals surface area contributed by atoms with Crippen LogP contribution in [0.15, 0.2) is 0 Å². The van der Waals surface area contributed by atoms with Crippen LogP contribution in [-0.2, 0) is 4.79 Å². The highest BCUT2D eigenvalue weighted by Crippen LogP contribution is 2.04. The molecule has 1 amide bonds. The number of aliphatic hydroxyl groups excluding tert-OH is 3. The van der Waals surface area contributed by atoms with Gasteiger partial charge < -0.3 is 20.6 Å². The molecule has 0 unspecified atom stereocenters. The molecule has 1 rings (SSSR count). The highest BCUT2D eigenvalue weighted by molar-refractivity contribution is 5.82. The van der Waals surface area contributed by atoms with Gasteiger partial charge in [0.05, 0.1) is 0 Å². The minimum Gasteiger partial charge on any atom is -0.388 e. The van der Waals surface area contributed by atoms with E-state index >= 15 is 0 Å². The smallest absolute Gasteiger partial charge is 0.251 e. The van der Waals surface area contributed by atoms with E-state index in [-0.39, 0.29) is 6.54 Å². The minimum absolute atomic E-state index is 0.00292. The summed E-state index contributed by atoms with van der Waals surface area (Å²) in [6.07, 6.45) is -3.91. The summed E-state index contributed by atoms with van der Waals surface area (Å²) in [4.78, 5) is 10.5. The van der Waals surface area contributed by atoms with Crippen LogP contribution in [0.4, 0.5) is 0 Å². The lowest BCUT2D eigenvalue weighted by Gasteiger charge is -2.27. The Morgan fingerprint density at radius 3 is 2.50 bits per heavy atom. The van der Waals surface area contributed by atoms with Gasteiger partial charge in [-0.2, -0.15) is 0 Å². The monoisotopic (exact) mass is 147 g/mol. The fourth-order valence-corrected chi connectivity index (χ4v) is 0.796. The molecule has 0 aromatic heterocycles. The Hall–Kier alpha value is -0.650. The summed E-state index contributed by atoms with van der Waals surface area (Å²) in [5, 5.41) is 28.7. The average molecular weight is 147 g/mol. The quantitative estimate of drug-likeness (QED) is 0.298. The lowest BCUT2D eigenvalue weighted by atomic mass is 10.0. The van der Waals surface area contributed by atoms with Crippen molar-refractivity contribution >= 4 is 5.91 Å². The summed E-state index contributed by atoms with van der Waals surface area (Å²) >= 11 is 0. The van der Waals surface area contributed by atoms with E-state index in [1.54, 1.807) is 0 Å². The van der Waals surface area contributed by atoms with Crippen molar-refractivity contribution in [3.63, 3.8) is 0 Å². The molecule has 0 aromatic rings. The molecule has 0 aliphatic carbocycles. The standard InChI is InChI=1S/C5H9NO4/c7-2-1-6-5(10)4(9)3(2)8/h2-4,7-9H,1H2,(H,6,10)/t2-,3-,4-/m1/s1. The SMILES string of the molecule is O=C1NC[C@@H](O)[C@@H](O)[C@H]1O. The van der Waals surface area contributed by atoms with Crippen LogP contribution in [0.3, 0.4) is 0 Å². The van der Waals surface area contributed by atoms with Crippen molar-refractivity contribution in [1.29, 1.82) is 0 Å². The van der Waals surface area contributed by atoms with Gasteiger partial charge in [0.15, 0.2) is 6.10 Å². The van der Waals surface area contributed by atoms with E-state index in [1.165, 1.54) is 0 Å². The predicted octanol–water partition coefficient (Wildman–Crippen LogP) is -2.80. The van der Waals surface area contributed by atoms with Crippen molar-refractivity contribution in [2.24, 2.45) is 0 Å². The normalized spacial score (nSPS) is 41.1. The molecule has 1 aliphatic heterocycles. The van der Waals surface area contributed by atoms with Crippen LogP contribution in [0, 0.1) is 0 Å². The third-order valence-corrected chi connectivity index (χ3v) is 1.47. The average Bonchev–Trinajstić information content (AvgIpc) is 1.93. The van der Waals surface area contributed by atoms with E-state index in [9.17, 15) is 4.79 Å². The fourth-order valence-electron chi connectivity index (χ4n) is 0.796. The van der Waals surface area contributed by atoms with E-state index in [0.717, 1.165) is 0 Å². The fraction of sp³-hybridized carbons (Fsp3) is 0.800. The Morgan fingerprint density at radius 1 is 1.40 bits per heavy atom. The first-order chi connectivity index (χ1) is 4.63. The number of carbonyl (C=O) groups excluding carboxylic acids is 1. The predicted molar refractivity (Wildman–Crippen MR) is 31.0 cm³/mol. The molecule has 1 aliphatic rings. The van der Waals surface area contributed by atoms with E-state index in [0.29, 0.717) is 0 Å². The van der Waals surface area contributed by atoms with Crippen LogP contribution in [0.5, 0.6) is 0 Å². The summed E-state index contributed by atoms with van der Waals surface area (Å²) in [5.74, 6) is -0.641. The van der Waals surface area contributed by atoms with Crippen molar-refractivity contribution in [2.45, 2.75) is 18.3 Å². The number of rotatable bonds is 0. The largest absolute Gasteiger partial charge is 0.388 e.